The average Bonchev–Trinajstić information content (AvgIpc) is 3.19. The summed E-state index contributed by atoms with van der Waals surface area (Å²) >= 11 is 0. The molecule has 0 atom stereocenters. The molecule has 0 radical (unpaired) electrons. The third-order valence-corrected chi connectivity index (χ3v) is 14.5. The molecule has 0 amide bonds. The fourth-order valence-corrected chi connectivity index (χ4v) is 11.1. The number of hydrogen-bond acceptors (Lipinski definition) is 9. The smallest absolute Gasteiger partial charge is 0.261 e. The van der Waals surface area contributed by atoms with Gasteiger partial charge in [0, 0.05) is 6.61 Å². The zero-order valence-corrected chi connectivity index (χ0v) is 36.2. The van der Waals surface area contributed by atoms with Crippen LogP contribution in [0.1, 0.15) is 98.3 Å². The van der Waals surface area contributed by atoms with Gasteiger partial charge in [-0.05, 0) is 21.8 Å². The Bertz CT molecular complexity index is 1050. The summed E-state index contributed by atoms with van der Waals surface area (Å²) in [6, 6.07) is 21.3. The number of unbranched alkanes of at least 4 members (excludes halogenated alkanes) is 10. The summed E-state index contributed by atoms with van der Waals surface area (Å²) in [5.41, 5.74) is 0. The fraction of sp³-hybridized carbons (Fsp3) is 0.733. The summed E-state index contributed by atoms with van der Waals surface area (Å²) in [5.74, 6) is 0. The van der Waals surface area contributed by atoms with E-state index in [0.29, 0.717) is 106 Å². The number of benzene rings is 2. The summed E-state index contributed by atoms with van der Waals surface area (Å²) < 4.78 is 51.9. The molecule has 0 aliphatic rings. The maximum atomic E-state index is 6.86. The van der Waals surface area contributed by atoms with Crippen molar-refractivity contribution in [2.24, 2.45) is 0 Å². The molecule has 0 aliphatic carbocycles. The molecule has 0 unspecified atom stereocenters. The SMILES string of the molecule is CCCCCCCCCCCCCOCCOCCOCCOCCOCCOCCOCCOCCO[Si](c1ccccc1)(c1ccccc1)C(C)(C)C. The zero-order valence-electron chi connectivity index (χ0n) is 35.2. The molecule has 0 bridgehead atoms. The Morgan fingerprint density at radius 2 is 0.618 bits per heavy atom. The molecule has 0 N–H and O–H groups in total. The van der Waals surface area contributed by atoms with E-state index in [2.05, 4.69) is 88.4 Å². The van der Waals surface area contributed by atoms with Crippen LogP contribution in [0.3, 0.4) is 0 Å². The third kappa shape index (κ3) is 24.0. The van der Waals surface area contributed by atoms with Crippen molar-refractivity contribution in [3.05, 3.63) is 60.7 Å². The van der Waals surface area contributed by atoms with Gasteiger partial charge in [0.05, 0.1) is 106 Å². The molecule has 0 heterocycles. The molecule has 2 aromatic rings. The van der Waals surface area contributed by atoms with Gasteiger partial charge in [0.1, 0.15) is 0 Å². The van der Waals surface area contributed by atoms with Crippen molar-refractivity contribution < 1.29 is 42.3 Å². The molecule has 0 spiro atoms. The van der Waals surface area contributed by atoms with E-state index in [1.807, 2.05) is 0 Å². The fourth-order valence-electron chi connectivity index (χ4n) is 6.53. The van der Waals surface area contributed by atoms with E-state index in [4.69, 9.17) is 42.3 Å². The van der Waals surface area contributed by atoms with Crippen LogP contribution < -0.4 is 10.4 Å². The number of hydrogen-bond donors (Lipinski definition) is 0. The average molecular weight is 791 g/mol. The van der Waals surface area contributed by atoms with Crippen molar-refractivity contribution in [1.29, 1.82) is 0 Å². The van der Waals surface area contributed by atoms with Crippen LogP contribution in [-0.4, -0.2) is 121 Å². The van der Waals surface area contributed by atoms with Crippen LogP contribution in [0.4, 0.5) is 0 Å². The lowest BCUT2D eigenvalue weighted by Gasteiger charge is -2.43. The van der Waals surface area contributed by atoms with Crippen molar-refractivity contribution in [3.8, 4) is 0 Å². The van der Waals surface area contributed by atoms with Crippen LogP contribution in [0.5, 0.6) is 0 Å². The quantitative estimate of drug-likeness (QED) is 0.0495. The molecule has 55 heavy (non-hydrogen) atoms. The molecular weight excluding hydrogens is 713 g/mol. The molecule has 2 rings (SSSR count). The van der Waals surface area contributed by atoms with Gasteiger partial charge in [-0.25, -0.2) is 0 Å². The standard InChI is InChI=1S/C45H78O9Si/c1-5-6-7-8-9-10-11-12-13-14-21-26-46-27-28-47-29-30-48-31-32-49-33-34-50-35-36-51-37-38-52-39-40-53-41-42-54-55(45(2,3)4,43-22-17-15-18-23-43)44-24-19-16-20-25-44/h15-20,22-25H,5-14,21,26-42H2,1-4H3. The highest BCUT2D eigenvalue weighted by atomic mass is 28.4. The first-order valence-electron chi connectivity index (χ1n) is 21.4. The first kappa shape index (κ1) is 49.4. The van der Waals surface area contributed by atoms with Gasteiger partial charge >= 0.3 is 0 Å². The van der Waals surface area contributed by atoms with Gasteiger partial charge in [0.25, 0.3) is 8.32 Å². The van der Waals surface area contributed by atoms with E-state index in [1.165, 1.54) is 74.6 Å². The van der Waals surface area contributed by atoms with Gasteiger partial charge in [-0.15, -0.1) is 0 Å². The van der Waals surface area contributed by atoms with E-state index in [9.17, 15) is 0 Å². The lowest BCUT2D eigenvalue weighted by molar-refractivity contribution is -0.0237. The molecule has 10 heteroatoms. The normalized spacial score (nSPS) is 12.1. The second kappa shape index (κ2) is 34.3. The lowest BCUT2D eigenvalue weighted by atomic mass is 10.1. The molecule has 0 saturated heterocycles. The maximum Gasteiger partial charge on any atom is 0.261 e. The van der Waals surface area contributed by atoms with E-state index in [0.717, 1.165) is 13.0 Å². The highest BCUT2D eigenvalue weighted by molar-refractivity contribution is 6.99. The molecule has 0 aliphatic heterocycles. The van der Waals surface area contributed by atoms with Crippen molar-refractivity contribution in [2.45, 2.75) is 103 Å². The van der Waals surface area contributed by atoms with E-state index < -0.39 is 8.32 Å². The minimum Gasteiger partial charge on any atom is -0.405 e. The summed E-state index contributed by atoms with van der Waals surface area (Å²) in [5, 5.41) is 2.50. The van der Waals surface area contributed by atoms with Gasteiger partial charge in [0.2, 0.25) is 0 Å². The summed E-state index contributed by atoms with van der Waals surface area (Å²) in [7, 11) is -2.53. The van der Waals surface area contributed by atoms with Crippen LogP contribution in [0.2, 0.25) is 5.04 Å². The summed E-state index contributed by atoms with van der Waals surface area (Å²) in [6.07, 6.45) is 14.9. The molecule has 0 saturated carbocycles. The first-order valence-corrected chi connectivity index (χ1v) is 23.3. The molecule has 0 fully saturated rings. The lowest BCUT2D eigenvalue weighted by Crippen LogP contribution is -2.66. The van der Waals surface area contributed by atoms with Crippen molar-refractivity contribution in [1.82, 2.24) is 0 Å². The Morgan fingerprint density at radius 3 is 0.927 bits per heavy atom. The predicted molar refractivity (Wildman–Crippen MR) is 227 cm³/mol. The van der Waals surface area contributed by atoms with Crippen molar-refractivity contribution >= 4 is 18.7 Å². The van der Waals surface area contributed by atoms with Crippen LogP contribution in [-0.2, 0) is 42.3 Å². The predicted octanol–water partition coefficient (Wildman–Crippen LogP) is 8.01. The van der Waals surface area contributed by atoms with Crippen LogP contribution in [0.25, 0.3) is 0 Å². The van der Waals surface area contributed by atoms with Crippen molar-refractivity contribution in [3.63, 3.8) is 0 Å². The Balaban J connectivity index is 1.29. The molecule has 0 aromatic heterocycles. The Labute approximate surface area is 336 Å². The van der Waals surface area contributed by atoms with Gasteiger partial charge in [0.15, 0.2) is 0 Å². The van der Waals surface area contributed by atoms with Crippen LogP contribution in [0, 0.1) is 0 Å². The van der Waals surface area contributed by atoms with E-state index >= 15 is 0 Å². The second-order valence-corrected chi connectivity index (χ2v) is 19.3. The highest BCUT2D eigenvalue weighted by Gasteiger charge is 2.50. The monoisotopic (exact) mass is 791 g/mol. The van der Waals surface area contributed by atoms with Crippen LogP contribution >= 0.6 is 0 Å². The van der Waals surface area contributed by atoms with Crippen molar-refractivity contribution in [2.75, 3.05) is 112 Å². The number of ether oxygens (including phenoxy) is 8. The molecule has 316 valence electrons. The second-order valence-electron chi connectivity index (χ2n) is 14.9. The zero-order chi connectivity index (χ0) is 39.4. The Hall–Kier alpha value is -1.70. The Kier molecular flexibility index (Phi) is 30.9. The molecule has 9 nitrogen and oxygen atoms in total. The first-order chi connectivity index (χ1) is 27.0. The number of rotatable bonds is 39. The molecular formula is C45H78O9Si. The summed E-state index contributed by atoms with van der Waals surface area (Å²) in [6.45, 7) is 18.7. The van der Waals surface area contributed by atoms with E-state index in [1.54, 1.807) is 0 Å². The van der Waals surface area contributed by atoms with Gasteiger partial charge in [-0.3, -0.25) is 0 Å². The maximum absolute atomic E-state index is 6.86. The van der Waals surface area contributed by atoms with E-state index in [-0.39, 0.29) is 5.04 Å². The summed E-state index contributed by atoms with van der Waals surface area (Å²) in [4.78, 5) is 0. The third-order valence-electron chi connectivity index (χ3n) is 9.46. The Morgan fingerprint density at radius 1 is 0.345 bits per heavy atom. The minimum absolute atomic E-state index is 0.0504. The minimum atomic E-state index is -2.53. The van der Waals surface area contributed by atoms with Crippen LogP contribution in [0.15, 0.2) is 60.7 Å². The van der Waals surface area contributed by atoms with Gasteiger partial charge in [-0.1, -0.05) is 153 Å². The topological polar surface area (TPSA) is 83.1 Å². The van der Waals surface area contributed by atoms with Gasteiger partial charge in [-0.2, -0.15) is 0 Å². The largest absolute Gasteiger partial charge is 0.405 e. The van der Waals surface area contributed by atoms with Gasteiger partial charge < -0.3 is 42.3 Å². The molecule has 2 aromatic carbocycles. The highest BCUT2D eigenvalue weighted by Crippen LogP contribution is 2.36.